The second kappa shape index (κ2) is 10.2. The first-order valence-electron chi connectivity index (χ1n) is 10.1. The summed E-state index contributed by atoms with van der Waals surface area (Å²) in [4.78, 5) is 2.34. The molecule has 0 unspecified atom stereocenters. The van der Waals surface area contributed by atoms with Crippen molar-refractivity contribution in [1.82, 2.24) is 5.32 Å². The molecule has 0 aliphatic rings. The number of benzene rings is 4. The van der Waals surface area contributed by atoms with E-state index in [1.807, 2.05) is 42.5 Å². The minimum absolute atomic E-state index is 0.621. The summed E-state index contributed by atoms with van der Waals surface area (Å²) < 4.78 is 11.5. The summed E-state index contributed by atoms with van der Waals surface area (Å²) >= 11 is 1.73. The minimum Gasteiger partial charge on any atom is -0.496 e. The van der Waals surface area contributed by atoms with Crippen molar-refractivity contribution in [3.8, 4) is 11.5 Å². The van der Waals surface area contributed by atoms with Crippen LogP contribution < -0.4 is 14.8 Å². The van der Waals surface area contributed by atoms with Gasteiger partial charge in [-0.25, -0.2) is 0 Å². The lowest BCUT2D eigenvalue weighted by molar-refractivity contribution is 0.317. The number of nitrogens with one attached hydrogen (secondary N) is 1. The van der Waals surface area contributed by atoms with Crippen LogP contribution in [0, 0.1) is 0 Å². The molecule has 30 heavy (non-hydrogen) atoms. The summed E-state index contributed by atoms with van der Waals surface area (Å²) in [5.41, 5.74) is 1.26. The maximum absolute atomic E-state index is 6.03. The van der Waals surface area contributed by atoms with E-state index in [-0.39, 0.29) is 0 Å². The second-order valence-corrected chi connectivity index (χ2v) is 7.95. The van der Waals surface area contributed by atoms with E-state index in [9.17, 15) is 0 Å². The molecule has 3 nitrogen and oxygen atoms in total. The lowest BCUT2D eigenvalue weighted by atomic mass is 10.1. The van der Waals surface area contributed by atoms with E-state index in [0.717, 1.165) is 34.9 Å². The van der Waals surface area contributed by atoms with Crippen LogP contribution in [0.1, 0.15) is 5.56 Å². The van der Waals surface area contributed by atoms with Crippen molar-refractivity contribution in [3.05, 3.63) is 96.6 Å². The first-order valence-corrected chi connectivity index (χ1v) is 10.9. The third kappa shape index (κ3) is 4.96. The highest BCUT2D eigenvalue weighted by molar-refractivity contribution is 7.99. The van der Waals surface area contributed by atoms with Gasteiger partial charge in [-0.05, 0) is 35.2 Å². The van der Waals surface area contributed by atoms with Gasteiger partial charge in [0, 0.05) is 23.4 Å². The molecule has 1 N–H and O–H groups in total. The van der Waals surface area contributed by atoms with Gasteiger partial charge in [-0.1, -0.05) is 78.5 Å². The number of methoxy groups -OCH3 is 1. The topological polar surface area (TPSA) is 30.5 Å². The second-order valence-electron chi connectivity index (χ2n) is 6.86. The van der Waals surface area contributed by atoms with Crippen LogP contribution in [0.15, 0.2) is 101 Å². The number of hydrogen-bond acceptors (Lipinski definition) is 4. The Balaban J connectivity index is 1.33. The Morgan fingerprint density at radius 1 is 0.733 bits per heavy atom. The molecule has 152 valence electrons. The van der Waals surface area contributed by atoms with Crippen molar-refractivity contribution in [2.75, 3.05) is 20.3 Å². The standard InChI is InChI=1S/C26H25NO2S/c1-28-24-13-5-7-16-26(24)30-25-15-6-3-10-21(25)19-27-17-18-29-23-14-8-11-20-9-2-4-12-22(20)23/h2-16,27H,17-19H2,1H3. The number of hydrogen-bond donors (Lipinski definition) is 1. The van der Waals surface area contributed by atoms with Crippen molar-refractivity contribution in [3.63, 3.8) is 0 Å². The fraction of sp³-hybridized carbons (Fsp3) is 0.154. The third-order valence-electron chi connectivity index (χ3n) is 4.86. The van der Waals surface area contributed by atoms with Crippen LogP contribution in [0.2, 0.25) is 0 Å². The molecule has 4 heteroatoms. The van der Waals surface area contributed by atoms with Gasteiger partial charge in [-0.3, -0.25) is 0 Å². The summed E-state index contributed by atoms with van der Waals surface area (Å²) in [6.07, 6.45) is 0. The lowest BCUT2D eigenvalue weighted by Crippen LogP contribution is -2.21. The van der Waals surface area contributed by atoms with E-state index in [0.29, 0.717) is 6.61 Å². The van der Waals surface area contributed by atoms with E-state index >= 15 is 0 Å². The zero-order valence-electron chi connectivity index (χ0n) is 17.0. The quantitative estimate of drug-likeness (QED) is 0.331. The van der Waals surface area contributed by atoms with Crippen molar-refractivity contribution < 1.29 is 9.47 Å². The highest BCUT2D eigenvalue weighted by Gasteiger charge is 2.08. The largest absolute Gasteiger partial charge is 0.496 e. The number of ether oxygens (including phenoxy) is 2. The highest BCUT2D eigenvalue weighted by Crippen LogP contribution is 2.36. The average molecular weight is 416 g/mol. The first-order chi connectivity index (χ1) is 14.8. The minimum atomic E-state index is 0.621. The molecule has 0 atom stereocenters. The summed E-state index contributed by atoms with van der Waals surface area (Å²) in [5.74, 6) is 1.83. The van der Waals surface area contributed by atoms with Crippen LogP contribution in [-0.4, -0.2) is 20.3 Å². The van der Waals surface area contributed by atoms with Crippen LogP contribution in [0.25, 0.3) is 10.8 Å². The summed E-state index contributed by atoms with van der Waals surface area (Å²) in [6.45, 7) is 2.18. The maximum Gasteiger partial charge on any atom is 0.132 e. The number of para-hydroxylation sites is 1. The maximum atomic E-state index is 6.03. The Bertz CT molecular complexity index is 1110. The Kier molecular flexibility index (Phi) is 6.91. The number of fused-ring (bicyclic) bond motifs is 1. The van der Waals surface area contributed by atoms with Crippen molar-refractivity contribution in [2.24, 2.45) is 0 Å². The molecule has 0 saturated carbocycles. The summed E-state index contributed by atoms with van der Waals surface area (Å²) in [5, 5.41) is 5.86. The zero-order chi connectivity index (χ0) is 20.6. The molecule has 4 rings (SSSR count). The number of rotatable bonds is 9. The lowest BCUT2D eigenvalue weighted by Gasteiger charge is -2.13. The molecule has 0 fully saturated rings. The SMILES string of the molecule is COc1ccccc1Sc1ccccc1CNCCOc1cccc2ccccc12. The van der Waals surface area contributed by atoms with Gasteiger partial charge in [-0.15, -0.1) is 0 Å². The fourth-order valence-corrected chi connectivity index (χ4v) is 4.40. The van der Waals surface area contributed by atoms with E-state index in [1.54, 1.807) is 18.9 Å². The van der Waals surface area contributed by atoms with E-state index in [1.165, 1.54) is 15.8 Å². The van der Waals surface area contributed by atoms with Crippen LogP contribution in [0.4, 0.5) is 0 Å². The van der Waals surface area contributed by atoms with E-state index in [2.05, 4.69) is 53.8 Å². The molecule has 0 spiro atoms. The Morgan fingerprint density at radius 3 is 2.33 bits per heavy atom. The van der Waals surface area contributed by atoms with Gasteiger partial charge in [0.25, 0.3) is 0 Å². The summed E-state index contributed by atoms with van der Waals surface area (Å²) in [7, 11) is 1.71. The Hall–Kier alpha value is -2.95. The molecule has 0 aliphatic heterocycles. The molecule has 0 bridgehead atoms. The Morgan fingerprint density at radius 2 is 1.43 bits per heavy atom. The van der Waals surface area contributed by atoms with Gasteiger partial charge in [0.2, 0.25) is 0 Å². The molecule has 0 aliphatic carbocycles. The fourth-order valence-electron chi connectivity index (χ4n) is 3.35. The van der Waals surface area contributed by atoms with Crippen molar-refractivity contribution in [1.29, 1.82) is 0 Å². The van der Waals surface area contributed by atoms with Crippen LogP contribution >= 0.6 is 11.8 Å². The molecule has 0 radical (unpaired) electrons. The predicted molar refractivity (Wildman–Crippen MR) is 125 cm³/mol. The van der Waals surface area contributed by atoms with Crippen molar-refractivity contribution in [2.45, 2.75) is 16.3 Å². The molecular formula is C26H25NO2S. The summed E-state index contributed by atoms with van der Waals surface area (Å²) in [6, 6.07) is 31.1. The normalized spacial score (nSPS) is 10.8. The zero-order valence-corrected chi connectivity index (χ0v) is 17.8. The smallest absolute Gasteiger partial charge is 0.132 e. The molecule has 4 aromatic rings. The molecule has 0 heterocycles. The van der Waals surface area contributed by atoms with Gasteiger partial charge >= 0.3 is 0 Å². The van der Waals surface area contributed by atoms with Crippen molar-refractivity contribution >= 4 is 22.5 Å². The van der Waals surface area contributed by atoms with Gasteiger partial charge in [0.05, 0.1) is 12.0 Å². The molecule has 0 saturated heterocycles. The average Bonchev–Trinajstić information content (AvgIpc) is 2.80. The Labute approximate surface area is 182 Å². The third-order valence-corrected chi connectivity index (χ3v) is 6.04. The molecule has 0 amide bonds. The van der Waals surface area contributed by atoms with Gasteiger partial charge in [0.1, 0.15) is 18.1 Å². The van der Waals surface area contributed by atoms with E-state index < -0.39 is 0 Å². The first kappa shape index (κ1) is 20.3. The monoisotopic (exact) mass is 415 g/mol. The van der Waals surface area contributed by atoms with Gasteiger partial charge in [-0.2, -0.15) is 0 Å². The van der Waals surface area contributed by atoms with Crippen LogP contribution in [0.5, 0.6) is 11.5 Å². The van der Waals surface area contributed by atoms with Crippen LogP contribution in [0.3, 0.4) is 0 Å². The van der Waals surface area contributed by atoms with Crippen LogP contribution in [-0.2, 0) is 6.54 Å². The van der Waals surface area contributed by atoms with Gasteiger partial charge < -0.3 is 14.8 Å². The van der Waals surface area contributed by atoms with Gasteiger partial charge in [0.15, 0.2) is 0 Å². The molecule has 0 aromatic heterocycles. The van der Waals surface area contributed by atoms with E-state index in [4.69, 9.17) is 9.47 Å². The molecule has 4 aromatic carbocycles. The molecular weight excluding hydrogens is 390 g/mol. The highest BCUT2D eigenvalue weighted by atomic mass is 32.2. The predicted octanol–water partition coefficient (Wildman–Crippen LogP) is 6.17.